The van der Waals surface area contributed by atoms with Crippen molar-refractivity contribution in [3.05, 3.63) is 71.7 Å². The maximum atomic E-state index is 13.6. The van der Waals surface area contributed by atoms with Crippen molar-refractivity contribution < 1.29 is 24.5 Å². The largest absolute Gasteiger partial charge is 0.481 e. The van der Waals surface area contributed by atoms with Crippen LogP contribution in [0.5, 0.6) is 0 Å². The van der Waals surface area contributed by atoms with Gasteiger partial charge in [-0.3, -0.25) is 9.78 Å². The Kier molecular flexibility index (Phi) is 8.42. The van der Waals surface area contributed by atoms with E-state index in [-0.39, 0.29) is 50.0 Å². The van der Waals surface area contributed by atoms with Crippen LogP contribution in [-0.4, -0.2) is 76.2 Å². The Hall–Kier alpha value is -1.83. The SMILES string of the molecule is O=C(O)C[C@@H](O)C[C@@H](O)/C=C/c1c(C2CC2)nc2ccccc2c1-c1ccc(F)cc1.[Ca]. The van der Waals surface area contributed by atoms with E-state index in [0.717, 1.165) is 46.1 Å². The number of halogens is 1. The molecule has 0 amide bonds. The molecular weight excluding hydrogens is 437 g/mol. The topological polar surface area (TPSA) is 90.7 Å². The van der Waals surface area contributed by atoms with E-state index in [1.165, 1.54) is 12.1 Å². The molecule has 1 saturated carbocycles. The number of benzene rings is 2. The molecule has 0 bridgehead atoms. The standard InChI is InChI=1S/C25H24FNO4.Ca/c26-17-9-7-15(8-10-17)24-20-3-1-2-4-22(20)27-25(16-5-6-16)21(24)12-11-18(28)13-19(29)14-23(30)31;/h1-4,7-12,16,18-19,28-29H,5-6,13-14H2,(H,30,31);/b12-11+;/t18-,19-;/m0./s1. The van der Waals surface area contributed by atoms with Gasteiger partial charge in [0.15, 0.2) is 0 Å². The van der Waals surface area contributed by atoms with Crippen LogP contribution in [0.1, 0.15) is 42.9 Å². The van der Waals surface area contributed by atoms with E-state index in [9.17, 15) is 19.4 Å². The first-order valence-electron chi connectivity index (χ1n) is 10.4. The van der Waals surface area contributed by atoms with E-state index in [4.69, 9.17) is 10.1 Å². The Balaban J connectivity index is 0.00000289. The fraction of sp³-hybridized carbons (Fsp3) is 0.280. The number of aliphatic hydroxyl groups is 2. The summed E-state index contributed by atoms with van der Waals surface area (Å²) in [6, 6.07) is 14.1. The number of para-hydroxylation sites is 1. The van der Waals surface area contributed by atoms with Crippen molar-refractivity contribution in [2.75, 3.05) is 0 Å². The minimum atomic E-state index is -1.13. The van der Waals surface area contributed by atoms with Gasteiger partial charge in [-0.1, -0.05) is 42.5 Å². The Bertz CT molecular complexity index is 1130. The van der Waals surface area contributed by atoms with Crippen LogP contribution in [-0.2, 0) is 4.79 Å². The number of carbonyl (C=O) groups is 1. The fourth-order valence-electron chi connectivity index (χ4n) is 3.86. The molecule has 2 radical (unpaired) electrons. The summed E-state index contributed by atoms with van der Waals surface area (Å²) >= 11 is 0. The Morgan fingerprint density at radius 3 is 2.47 bits per heavy atom. The minimum absolute atomic E-state index is 0. The molecule has 4 rings (SSSR count). The van der Waals surface area contributed by atoms with E-state index >= 15 is 0 Å². The van der Waals surface area contributed by atoms with Crippen LogP contribution in [0.2, 0.25) is 0 Å². The van der Waals surface area contributed by atoms with Gasteiger partial charge in [-0.2, -0.15) is 0 Å². The van der Waals surface area contributed by atoms with Gasteiger partial charge in [-0.05, 0) is 36.6 Å². The average molecular weight is 462 g/mol. The van der Waals surface area contributed by atoms with Crippen LogP contribution in [0.4, 0.5) is 4.39 Å². The summed E-state index contributed by atoms with van der Waals surface area (Å²) in [7, 11) is 0. The summed E-state index contributed by atoms with van der Waals surface area (Å²) in [5.74, 6) is -1.10. The van der Waals surface area contributed by atoms with Gasteiger partial charge in [0.05, 0.1) is 29.8 Å². The van der Waals surface area contributed by atoms with Crippen molar-refractivity contribution in [3.63, 3.8) is 0 Å². The number of rotatable bonds is 8. The number of fused-ring (bicyclic) bond motifs is 1. The third-order valence-electron chi connectivity index (χ3n) is 5.47. The van der Waals surface area contributed by atoms with Gasteiger partial charge in [0, 0.05) is 66.6 Å². The molecule has 0 spiro atoms. The zero-order valence-corrected chi connectivity index (χ0v) is 19.8. The van der Waals surface area contributed by atoms with Crippen molar-refractivity contribution in [3.8, 4) is 11.1 Å². The van der Waals surface area contributed by atoms with Gasteiger partial charge < -0.3 is 15.3 Å². The van der Waals surface area contributed by atoms with E-state index in [1.54, 1.807) is 24.3 Å². The molecular formula is C25H24CaFNO4. The number of carboxylic acids is 1. The molecule has 0 unspecified atom stereocenters. The average Bonchev–Trinajstić information content (AvgIpc) is 3.56. The summed E-state index contributed by atoms with van der Waals surface area (Å²) in [5.41, 5.74) is 4.43. The quantitative estimate of drug-likeness (QED) is 0.439. The normalized spacial score (nSPS) is 15.5. The van der Waals surface area contributed by atoms with Crippen LogP contribution in [0.25, 0.3) is 28.1 Å². The van der Waals surface area contributed by atoms with Crippen LogP contribution in [0.15, 0.2) is 54.6 Å². The van der Waals surface area contributed by atoms with Gasteiger partial charge in [-0.25, -0.2) is 4.39 Å². The third kappa shape index (κ3) is 5.94. The molecule has 1 fully saturated rings. The van der Waals surface area contributed by atoms with Crippen LogP contribution >= 0.6 is 0 Å². The second kappa shape index (κ2) is 10.9. The van der Waals surface area contributed by atoms with Crippen LogP contribution in [0.3, 0.4) is 0 Å². The smallest absolute Gasteiger partial charge is 0.305 e. The number of hydrogen-bond donors (Lipinski definition) is 3. The van der Waals surface area contributed by atoms with Gasteiger partial charge in [0.2, 0.25) is 0 Å². The first-order valence-corrected chi connectivity index (χ1v) is 10.4. The van der Waals surface area contributed by atoms with E-state index in [0.29, 0.717) is 5.92 Å². The number of carboxylic acid groups (broad SMARTS) is 1. The number of aliphatic hydroxyl groups excluding tert-OH is 2. The van der Waals surface area contributed by atoms with Crippen molar-refractivity contribution in [1.82, 2.24) is 4.98 Å². The van der Waals surface area contributed by atoms with Crippen LogP contribution < -0.4 is 0 Å². The van der Waals surface area contributed by atoms with E-state index < -0.39 is 24.6 Å². The molecule has 5 nitrogen and oxygen atoms in total. The van der Waals surface area contributed by atoms with Crippen molar-refractivity contribution >= 4 is 60.7 Å². The first kappa shape index (κ1) is 24.8. The minimum Gasteiger partial charge on any atom is -0.481 e. The summed E-state index contributed by atoms with van der Waals surface area (Å²) in [6.45, 7) is 0. The second-order valence-corrected chi connectivity index (χ2v) is 8.00. The van der Waals surface area contributed by atoms with Crippen LogP contribution in [0, 0.1) is 5.82 Å². The van der Waals surface area contributed by atoms with Gasteiger partial charge in [-0.15, -0.1) is 0 Å². The van der Waals surface area contributed by atoms with Crippen molar-refractivity contribution in [1.29, 1.82) is 0 Å². The molecule has 3 N–H and O–H groups in total. The zero-order chi connectivity index (χ0) is 22.0. The predicted octanol–water partition coefficient (Wildman–Crippen LogP) is 4.14. The molecule has 0 saturated heterocycles. The molecule has 0 aliphatic heterocycles. The Morgan fingerprint density at radius 2 is 1.81 bits per heavy atom. The molecule has 7 heteroatoms. The number of hydrogen-bond acceptors (Lipinski definition) is 4. The monoisotopic (exact) mass is 461 g/mol. The molecule has 1 aromatic heterocycles. The number of aliphatic carboxylic acids is 1. The molecule has 1 aliphatic rings. The van der Waals surface area contributed by atoms with Gasteiger partial charge >= 0.3 is 5.97 Å². The molecule has 1 heterocycles. The molecule has 1 aliphatic carbocycles. The maximum Gasteiger partial charge on any atom is 0.305 e. The molecule has 3 aromatic rings. The Labute approximate surface area is 215 Å². The van der Waals surface area contributed by atoms with Crippen molar-refractivity contribution in [2.45, 2.75) is 43.8 Å². The second-order valence-electron chi connectivity index (χ2n) is 8.00. The van der Waals surface area contributed by atoms with Gasteiger partial charge in [0.25, 0.3) is 0 Å². The predicted molar refractivity (Wildman–Crippen MR) is 123 cm³/mol. The number of nitrogens with zero attached hydrogens (tertiary/aromatic N) is 1. The van der Waals surface area contributed by atoms with E-state index in [1.807, 2.05) is 24.3 Å². The molecule has 2 aromatic carbocycles. The summed E-state index contributed by atoms with van der Waals surface area (Å²) in [5, 5.41) is 29.9. The maximum absolute atomic E-state index is 13.6. The fourth-order valence-corrected chi connectivity index (χ4v) is 3.86. The zero-order valence-electron chi connectivity index (χ0n) is 17.6. The van der Waals surface area contributed by atoms with Gasteiger partial charge in [0.1, 0.15) is 5.82 Å². The molecule has 162 valence electrons. The summed E-state index contributed by atoms with van der Waals surface area (Å²) in [4.78, 5) is 15.6. The molecule has 32 heavy (non-hydrogen) atoms. The third-order valence-corrected chi connectivity index (χ3v) is 5.47. The number of aromatic nitrogens is 1. The van der Waals surface area contributed by atoms with E-state index in [2.05, 4.69) is 0 Å². The number of pyridine rings is 1. The van der Waals surface area contributed by atoms with Crippen molar-refractivity contribution in [2.24, 2.45) is 0 Å². The first-order chi connectivity index (χ1) is 14.9. The summed E-state index contributed by atoms with van der Waals surface area (Å²) < 4.78 is 13.6. The summed E-state index contributed by atoms with van der Waals surface area (Å²) in [6.07, 6.45) is 2.80. The molecule has 2 atom stereocenters. The Morgan fingerprint density at radius 1 is 1.12 bits per heavy atom.